The van der Waals surface area contributed by atoms with E-state index in [0.29, 0.717) is 29.6 Å². The van der Waals surface area contributed by atoms with Crippen molar-refractivity contribution in [2.45, 2.75) is 25.9 Å². The van der Waals surface area contributed by atoms with E-state index in [-0.39, 0.29) is 16.9 Å². The van der Waals surface area contributed by atoms with Crippen LogP contribution in [0.25, 0.3) is 22.3 Å². The number of esters is 1. The van der Waals surface area contributed by atoms with Crippen LogP contribution < -0.4 is 10.2 Å². The van der Waals surface area contributed by atoms with E-state index in [0.717, 1.165) is 12.0 Å². The number of benzene rings is 2. The smallest absolute Gasteiger partial charge is 0.340 e. The van der Waals surface area contributed by atoms with Gasteiger partial charge in [0.05, 0.1) is 5.39 Å². The number of carbonyl (C=O) groups is 1. The standard InChI is InChI=1S/C21H18O5/c1-13-9-10-16-15(12-13)18(22)20(26-21(23)17-8-5-11-24-17)19(25-16)14-6-3-2-4-7-14/h2-4,6-7,9-10,12,17H,5,8,11H2,1H3. The lowest BCUT2D eigenvalue weighted by Crippen LogP contribution is -2.27. The van der Waals surface area contributed by atoms with Crippen molar-refractivity contribution >= 4 is 16.9 Å². The van der Waals surface area contributed by atoms with Crippen LogP contribution in [0, 0.1) is 6.92 Å². The summed E-state index contributed by atoms with van der Waals surface area (Å²) in [5.74, 6) is -0.396. The molecule has 5 nitrogen and oxygen atoms in total. The molecule has 0 radical (unpaired) electrons. The van der Waals surface area contributed by atoms with Crippen LogP contribution in [0.5, 0.6) is 5.75 Å². The summed E-state index contributed by atoms with van der Waals surface area (Å²) in [6.45, 7) is 2.42. The van der Waals surface area contributed by atoms with Crippen molar-refractivity contribution in [2.24, 2.45) is 0 Å². The Morgan fingerprint density at radius 2 is 1.96 bits per heavy atom. The first-order valence-electron chi connectivity index (χ1n) is 8.59. The summed E-state index contributed by atoms with van der Waals surface area (Å²) in [4.78, 5) is 25.5. The van der Waals surface area contributed by atoms with Crippen molar-refractivity contribution in [3.8, 4) is 17.1 Å². The predicted molar refractivity (Wildman–Crippen MR) is 97.3 cm³/mol. The lowest BCUT2D eigenvalue weighted by molar-refractivity contribution is -0.144. The van der Waals surface area contributed by atoms with Gasteiger partial charge >= 0.3 is 5.97 Å². The monoisotopic (exact) mass is 350 g/mol. The van der Waals surface area contributed by atoms with Crippen molar-refractivity contribution < 1.29 is 18.7 Å². The van der Waals surface area contributed by atoms with Crippen LogP contribution in [0.1, 0.15) is 18.4 Å². The zero-order valence-electron chi connectivity index (χ0n) is 14.4. The third kappa shape index (κ3) is 3.02. The minimum absolute atomic E-state index is 0.0881. The quantitative estimate of drug-likeness (QED) is 0.671. The van der Waals surface area contributed by atoms with Gasteiger partial charge in [-0.15, -0.1) is 0 Å². The van der Waals surface area contributed by atoms with Gasteiger partial charge in [0.15, 0.2) is 11.9 Å². The number of aryl methyl sites for hydroxylation is 1. The third-order valence-electron chi connectivity index (χ3n) is 4.44. The summed E-state index contributed by atoms with van der Waals surface area (Å²) in [7, 11) is 0. The average Bonchev–Trinajstić information content (AvgIpc) is 3.20. The molecule has 1 aliphatic heterocycles. The first-order valence-corrected chi connectivity index (χ1v) is 8.59. The molecule has 0 amide bonds. The summed E-state index contributed by atoms with van der Waals surface area (Å²) in [5, 5.41) is 0.389. The zero-order valence-corrected chi connectivity index (χ0v) is 14.4. The largest absolute Gasteiger partial charge is 0.452 e. The maximum Gasteiger partial charge on any atom is 0.340 e. The van der Waals surface area contributed by atoms with Crippen LogP contribution in [0.3, 0.4) is 0 Å². The van der Waals surface area contributed by atoms with Crippen molar-refractivity contribution in [3.63, 3.8) is 0 Å². The molecule has 0 bridgehead atoms. The van der Waals surface area contributed by atoms with Gasteiger partial charge < -0.3 is 13.9 Å². The summed E-state index contributed by atoms with van der Waals surface area (Å²) in [5.41, 5.74) is 1.69. The SMILES string of the molecule is Cc1ccc2oc(-c3ccccc3)c(OC(=O)C3CCCO3)c(=O)c2c1. The molecule has 5 heteroatoms. The number of hydrogen-bond donors (Lipinski definition) is 0. The molecule has 1 unspecified atom stereocenters. The van der Waals surface area contributed by atoms with E-state index >= 15 is 0 Å². The van der Waals surface area contributed by atoms with Gasteiger partial charge in [0.1, 0.15) is 5.58 Å². The summed E-state index contributed by atoms with van der Waals surface area (Å²) >= 11 is 0. The molecular formula is C21H18O5. The van der Waals surface area contributed by atoms with Gasteiger partial charge in [-0.1, -0.05) is 42.0 Å². The van der Waals surface area contributed by atoms with E-state index in [1.54, 1.807) is 12.1 Å². The molecule has 1 fully saturated rings. The van der Waals surface area contributed by atoms with Crippen LogP contribution in [0.15, 0.2) is 57.7 Å². The third-order valence-corrected chi connectivity index (χ3v) is 4.44. The van der Waals surface area contributed by atoms with Gasteiger partial charge in [-0.2, -0.15) is 0 Å². The maximum atomic E-state index is 13.0. The number of fused-ring (bicyclic) bond motifs is 1. The number of carbonyl (C=O) groups excluding carboxylic acids is 1. The van der Waals surface area contributed by atoms with Crippen LogP contribution in [0.4, 0.5) is 0 Å². The predicted octanol–water partition coefficient (Wildman–Crippen LogP) is 3.85. The minimum atomic E-state index is -0.633. The average molecular weight is 350 g/mol. The highest BCUT2D eigenvalue weighted by Gasteiger charge is 2.28. The fourth-order valence-corrected chi connectivity index (χ4v) is 3.09. The molecule has 1 aromatic heterocycles. The van der Waals surface area contributed by atoms with Gasteiger partial charge in [0.25, 0.3) is 0 Å². The van der Waals surface area contributed by atoms with E-state index in [4.69, 9.17) is 13.9 Å². The molecule has 2 heterocycles. The Balaban J connectivity index is 1.88. The lowest BCUT2D eigenvalue weighted by Gasteiger charge is -2.13. The lowest BCUT2D eigenvalue weighted by atomic mass is 10.1. The maximum absolute atomic E-state index is 13.0. The van der Waals surface area contributed by atoms with Crippen molar-refractivity contribution in [3.05, 3.63) is 64.3 Å². The van der Waals surface area contributed by atoms with Crippen LogP contribution in [-0.2, 0) is 9.53 Å². The molecule has 0 N–H and O–H groups in total. The van der Waals surface area contributed by atoms with Gasteiger partial charge in [0, 0.05) is 12.2 Å². The zero-order chi connectivity index (χ0) is 18.1. The molecule has 0 aliphatic carbocycles. The number of ether oxygens (including phenoxy) is 2. The fourth-order valence-electron chi connectivity index (χ4n) is 3.09. The van der Waals surface area contributed by atoms with Crippen molar-refractivity contribution in [2.75, 3.05) is 6.61 Å². The van der Waals surface area contributed by atoms with Crippen LogP contribution >= 0.6 is 0 Å². The molecule has 0 spiro atoms. The van der Waals surface area contributed by atoms with E-state index < -0.39 is 12.1 Å². The molecular weight excluding hydrogens is 332 g/mol. The molecule has 3 aromatic rings. The Morgan fingerprint density at radius 1 is 1.15 bits per heavy atom. The van der Waals surface area contributed by atoms with Crippen LogP contribution in [0.2, 0.25) is 0 Å². The van der Waals surface area contributed by atoms with E-state index in [1.807, 2.05) is 43.3 Å². The first-order chi connectivity index (χ1) is 12.6. The van der Waals surface area contributed by atoms with Crippen LogP contribution in [-0.4, -0.2) is 18.7 Å². The van der Waals surface area contributed by atoms with Crippen molar-refractivity contribution in [1.82, 2.24) is 0 Å². The Kier molecular flexibility index (Phi) is 4.31. The molecule has 132 valence electrons. The molecule has 4 rings (SSSR count). The fraction of sp³-hybridized carbons (Fsp3) is 0.238. The Bertz CT molecular complexity index is 1010. The molecule has 0 saturated carbocycles. The molecule has 1 aliphatic rings. The summed E-state index contributed by atoms with van der Waals surface area (Å²) < 4.78 is 16.8. The second kappa shape index (κ2) is 6.77. The summed E-state index contributed by atoms with van der Waals surface area (Å²) in [6, 6.07) is 14.5. The highest BCUT2D eigenvalue weighted by atomic mass is 16.6. The number of hydrogen-bond acceptors (Lipinski definition) is 5. The second-order valence-corrected chi connectivity index (χ2v) is 6.38. The first kappa shape index (κ1) is 16.5. The Labute approximate surface area is 150 Å². The molecule has 26 heavy (non-hydrogen) atoms. The van der Waals surface area contributed by atoms with E-state index in [9.17, 15) is 9.59 Å². The van der Waals surface area contributed by atoms with E-state index in [1.165, 1.54) is 0 Å². The van der Waals surface area contributed by atoms with Gasteiger partial charge in [-0.3, -0.25) is 4.79 Å². The normalized spacial score (nSPS) is 16.7. The molecule has 1 atom stereocenters. The number of rotatable bonds is 3. The summed E-state index contributed by atoms with van der Waals surface area (Å²) in [6.07, 6.45) is 0.764. The highest BCUT2D eigenvalue weighted by molar-refractivity contribution is 5.85. The Hall–Kier alpha value is -2.92. The van der Waals surface area contributed by atoms with Gasteiger partial charge in [0.2, 0.25) is 11.2 Å². The van der Waals surface area contributed by atoms with Gasteiger partial charge in [-0.25, -0.2) is 4.79 Å². The molecule has 2 aromatic carbocycles. The minimum Gasteiger partial charge on any atom is -0.452 e. The second-order valence-electron chi connectivity index (χ2n) is 6.38. The van der Waals surface area contributed by atoms with Crippen molar-refractivity contribution in [1.29, 1.82) is 0 Å². The molecule has 1 saturated heterocycles. The van der Waals surface area contributed by atoms with Gasteiger partial charge in [-0.05, 0) is 31.9 Å². The Morgan fingerprint density at radius 3 is 2.69 bits per heavy atom. The topological polar surface area (TPSA) is 65.7 Å². The highest BCUT2D eigenvalue weighted by Crippen LogP contribution is 2.31. The van der Waals surface area contributed by atoms with E-state index in [2.05, 4.69) is 0 Å².